The number of nitrogens with two attached hydrogens (primary N) is 1. The SMILES string of the molecule is CCN(C(=O)c1cc(Cl)c(C)c(S(N)(=O)=O)c1)C1CC1. The Morgan fingerprint density at radius 3 is 2.50 bits per heavy atom. The van der Waals surface area contributed by atoms with Gasteiger partial charge in [-0.05, 0) is 44.4 Å². The van der Waals surface area contributed by atoms with Crippen LogP contribution in [0.4, 0.5) is 0 Å². The third-order valence-corrected chi connectivity index (χ3v) is 4.87. The number of hydrogen-bond donors (Lipinski definition) is 1. The highest BCUT2D eigenvalue weighted by atomic mass is 35.5. The summed E-state index contributed by atoms with van der Waals surface area (Å²) < 4.78 is 23.1. The summed E-state index contributed by atoms with van der Waals surface area (Å²) in [6.07, 6.45) is 1.97. The van der Waals surface area contributed by atoms with Gasteiger partial charge >= 0.3 is 0 Å². The summed E-state index contributed by atoms with van der Waals surface area (Å²) in [6, 6.07) is 3.06. The maximum absolute atomic E-state index is 12.4. The van der Waals surface area contributed by atoms with Gasteiger partial charge in [0.1, 0.15) is 0 Å². The number of rotatable bonds is 4. The Morgan fingerprint density at radius 1 is 1.45 bits per heavy atom. The third kappa shape index (κ3) is 2.97. The van der Waals surface area contributed by atoms with Crippen LogP contribution >= 0.6 is 11.6 Å². The molecule has 7 heteroatoms. The predicted octanol–water partition coefficient (Wildman–Crippen LogP) is 1.92. The minimum Gasteiger partial charge on any atom is -0.336 e. The fraction of sp³-hybridized carbons (Fsp3) is 0.462. The zero-order chi connectivity index (χ0) is 15.1. The smallest absolute Gasteiger partial charge is 0.254 e. The first-order chi connectivity index (χ1) is 9.25. The molecule has 0 atom stereocenters. The number of amides is 1. The lowest BCUT2D eigenvalue weighted by atomic mass is 10.1. The van der Waals surface area contributed by atoms with Gasteiger partial charge in [0.15, 0.2) is 0 Å². The fourth-order valence-corrected chi connectivity index (χ4v) is 3.30. The Labute approximate surface area is 123 Å². The molecule has 1 aromatic rings. The third-order valence-electron chi connectivity index (χ3n) is 3.44. The first kappa shape index (κ1) is 15.3. The van der Waals surface area contributed by atoms with Crippen molar-refractivity contribution >= 4 is 27.5 Å². The van der Waals surface area contributed by atoms with Crippen LogP contribution in [-0.4, -0.2) is 31.8 Å². The molecule has 1 aliphatic rings. The Bertz CT molecular complexity index is 654. The van der Waals surface area contributed by atoms with Gasteiger partial charge in [-0.3, -0.25) is 4.79 Å². The average Bonchev–Trinajstić information content (AvgIpc) is 3.16. The van der Waals surface area contributed by atoms with Crippen LogP contribution in [0.1, 0.15) is 35.7 Å². The van der Waals surface area contributed by atoms with Crippen LogP contribution in [-0.2, 0) is 10.0 Å². The van der Waals surface area contributed by atoms with Crippen molar-refractivity contribution in [3.8, 4) is 0 Å². The van der Waals surface area contributed by atoms with Crippen LogP contribution in [0, 0.1) is 6.92 Å². The molecule has 1 amide bonds. The first-order valence-corrected chi connectivity index (χ1v) is 8.32. The number of primary sulfonamides is 1. The molecule has 2 N–H and O–H groups in total. The molecule has 1 saturated carbocycles. The van der Waals surface area contributed by atoms with Crippen LogP contribution in [0.15, 0.2) is 17.0 Å². The maximum atomic E-state index is 12.4. The molecule has 0 radical (unpaired) electrons. The van der Waals surface area contributed by atoms with Crippen molar-refractivity contribution in [2.75, 3.05) is 6.54 Å². The van der Waals surface area contributed by atoms with E-state index < -0.39 is 10.0 Å². The number of nitrogens with zero attached hydrogens (tertiary/aromatic N) is 1. The van der Waals surface area contributed by atoms with Crippen LogP contribution in [0.5, 0.6) is 0 Å². The Hall–Kier alpha value is -1.11. The molecule has 110 valence electrons. The fourth-order valence-electron chi connectivity index (χ4n) is 2.19. The highest BCUT2D eigenvalue weighted by molar-refractivity contribution is 7.89. The van der Waals surface area contributed by atoms with Crippen molar-refractivity contribution in [1.29, 1.82) is 0 Å². The van der Waals surface area contributed by atoms with Gasteiger partial charge in [-0.1, -0.05) is 11.6 Å². The van der Waals surface area contributed by atoms with Crippen LogP contribution in [0.3, 0.4) is 0 Å². The topological polar surface area (TPSA) is 80.5 Å². The van der Waals surface area contributed by atoms with E-state index in [1.54, 1.807) is 11.8 Å². The minimum atomic E-state index is -3.90. The molecule has 1 aliphatic carbocycles. The second-order valence-electron chi connectivity index (χ2n) is 4.95. The molecule has 0 spiro atoms. The highest BCUT2D eigenvalue weighted by Crippen LogP contribution is 2.30. The number of carbonyl (C=O) groups is 1. The molecule has 5 nitrogen and oxygen atoms in total. The lowest BCUT2D eigenvalue weighted by Crippen LogP contribution is -2.33. The summed E-state index contributed by atoms with van der Waals surface area (Å²) >= 11 is 6.02. The number of halogens is 1. The molecular weight excluding hydrogens is 300 g/mol. The van der Waals surface area contributed by atoms with E-state index in [4.69, 9.17) is 16.7 Å². The number of carbonyl (C=O) groups excluding carboxylic acids is 1. The molecule has 0 aliphatic heterocycles. The molecular formula is C13H17ClN2O3S. The summed E-state index contributed by atoms with van der Waals surface area (Å²) in [5.41, 5.74) is 0.624. The molecule has 0 bridgehead atoms. The standard InChI is InChI=1S/C13H17ClN2O3S/c1-3-16(10-4-5-10)13(17)9-6-11(14)8(2)12(7-9)20(15,18)19/h6-7,10H,3-5H2,1-2H3,(H2,15,18,19). The zero-order valence-corrected chi connectivity index (χ0v) is 13.0. The van der Waals surface area contributed by atoms with E-state index in [-0.39, 0.29) is 27.4 Å². The predicted molar refractivity (Wildman–Crippen MR) is 77.3 cm³/mol. The van der Waals surface area contributed by atoms with Crippen molar-refractivity contribution in [2.24, 2.45) is 5.14 Å². The second kappa shape index (κ2) is 5.35. The molecule has 20 heavy (non-hydrogen) atoms. The van der Waals surface area contributed by atoms with Crippen molar-refractivity contribution in [1.82, 2.24) is 4.90 Å². The Balaban J connectivity index is 2.47. The van der Waals surface area contributed by atoms with Crippen LogP contribution in [0.25, 0.3) is 0 Å². The van der Waals surface area contributed by atoms with E-state index in [0.29, 0.717) is 12.1 Å². The van der Waals surface area contributed by atoms with Gasteiger partial charge in [0.2, 0.25) is 10.0 Å². The van der Waals surface area contributed by atoms with E-state index in [1.807, 2.05) is 6.92 Å². The lowest BCUT2D eigenvalue weighted by molar-refractivity contribution is 0.0752. The molecule has 1 fully saturated rings. The average molecular weight is 317 g/mol. The molecule has 0 aromatic heterocycles. The lowest BCUT2D eigenvalue weighted by Gasteiger charge is -2.21. The van der Waals surface area contributed by atoms with Crippen molar-refractivity contribution in [3.05, 3.63) is 28.3 Å². The van der Waals surface area contributed by atoms with E-state index in [9.17, 15) is 13.2 Å². The first-order valence-electron chi connectivity index (χ1n) is 6.39. The highest BCUT2D eigenvalue weighted by Gasteiger charge is 2.32. The molecule has 0 saturated heterocycles. The van der Waals surface area contributed by atoms with Gasteiger partial charge in [0, 0.05) is 23.2 Å². The van der Waals surface area contributed by atoms with Gasteiger partial charge in [0.25, 0.3) is 5.91 Å². The summed E-state index contributed by atoms with van der Waals surface area (Å²) in [6.45, 7) is 4.04. The molecule has 1 aromatic carbocycles. The number of hydrogen-bond acceptors (Lipinski definition) is 3. The summed E-state index contributed by atoms with van der Waals surface area (Å²) in [5, 5.41) is 5.39. The minimum absolute atomic E-state index is 0.0970. The molecule has 0 unspecified atom stereocenters. The van der Waals surface area contributed by atoms with E-state index in [1.165, 1.54) is 12.1 Å². The molecule has 2 rings (SSSR count). The number of sulfonamides is 1. The van der Waals surface area contributed by atoms with Crippen LogP contribution < -0.4 is 5.14 Å². The second-order valence-corrected chi connectivity index (χ2v) is 6.89. The summed E-state index contributed by atoms with van der Waals surface area (Å²) in [4.78, 5) is 14.1. The zero-order valence-electron chi connectivity index (χ0n) is 11.4. The Morgan fingerprint density at radius 2 is 2.05 bits per heavy atom. The van der Waals surface area contributed by atoms with Gasteiger partial charge in [0.05, 0.1) is 4.90 Å². The largest absolute Gasteiger partial charge is 0.336 e. The van der Waals surface area contributed by atoms with E-state index >= 15 is 0 Å². The quantitative estimate of drug-likeness (QED) is 0.921. The normalized spacial score (nSPS) is 15.2. The number of benzene rings is 1. The maximum Gasteiger partial charge on any atom is 0.254 e. The molecule has 0 heterocycles. The van der Waals surface area contributed by atoms with E-state index in [0.717, 1.165) is 12.8 Å². The van der Waals surface area contributed by atoms with Gasteiger partial charge in [-0.2, -0.15) is 0 Å². The Kier molecular flexibility index (Phi) is 4.09. The van der Waals surface area contributed by atoms with Crippen molar-refractivity contribution < 1.29 is 13.2 Å². The van der Waals surface area contributed by atoms with Gasteiger partial charge in [-0.15, -0.1) is 0 Å². The van der Waals surface area contributed by atoms with Gasteiger partial charge in [-0.25, -0.2) is 13.6 Å². The summed E-state index contributed by atoms with van der Waals surface area (Å²) in [7, 11) is -3.90. The van der Waals surface area contributed by atoms with Crippen molar-refractivity contribution in [3.63, 3.8) is 0 Å². The van der Waals surface area contributed by atoms with E-state index in [2.05, 4.69) is 0 Å². The van der Waals surface area contributed by atoms with Crippen LogP contribution in [0.2, 0.25) is 5.02 Å². The van der Waals surface area contributed by atoms with Gasteiger partial charge < -0.3 is 4.90 Å². The summed E-state index contributed by atoms with van der Waals surface area (Å²) in [5.74, 6) is -0.207. The monoisotopic (exact) mass is 316 g/mol. The van der Waals surface area contributed by atoms with Crippen molar-refractivity contribution in [2.45, 2.75) is 37.6 Å².